The van der Waals surface area contributed by atoms with Gasteiger partial charge in [-0.2, -0.15) is 0 Å². The van der Waals surface area contributed by atoms with Crippen molar-refractivity contribution in [2.75, 3.05) is 6.61 Å². The molecule has 0 fully saturated rings. The van der Waals surface area contributed by atoms with E-state index >= 15 is 0 Å². The van der Waals surface area contributed by atoms with Crippen LogP contribution in [0.2, 0.25) is 10.0 Å². The van der Waals surface area contributed by atoms with Crippen molar-refractivity contribution in [1.29, 1.82) is 0 Å². The topological polar surface area (TPSA) is 95.1 Å². The first kappa shape index (κ1) is 23.6. The van der Waals surface area contributed by atoms with Gasteiger partial charge in [-0.3, -0.25) is 0 Å². The molecule has 3 N–H and O–H groups in total. The summed E-state index contributed by atoms with van der Waals surface area (Å²) in [7, 11) is -4.04. The van der Waals surface area contributed by atoms with Gasteiger partial charge in [-0.1, -0.05) is 35.3 Å². The summed E-state index contributed by atoms with van der Waals surface area (Å²) in [4.78, 5) is 6.93. The zero-order valence-corrected chi connectivity index (χ0v) is 18.8. The molecule has 0 spiro atoms. The number of imidazole rings is 1. The Hall–Kier alpha value is -2.04. The molecule has 6 nitrogen and oxygen atoms in total. The standard InChI is InChI=1S/C20H19Cl2F2N3O3S/c1-20(2,10-28)27-31(29,30)17-9-25-19(26-17)18(11-3-5-15(23)13(21)7-11)12-4-6-16(24)14(22)8-12/h3-9,18,27-28H,10H2,1-2H3,(H,25,26). The van der Waals surface area contributed by atoms with Gasteiger partial charge in [0, 0.05) is 0 Å². The van der Waals surface area contributed by atoms with E-state index in [4.69, 9.17) is 23.2 Å². The molecule has 3 aromatic rings. The van der Waals surface area contributed by atoms with E-state index < -0.39 is 39.7 Å². The first-order valence-corrected chi connectivity index (χ1v) is 11.3. The number of halogens is 4. The highest BCUT2D eigenvalue weighted by molar-refractivity contribution is 7.89. The van der Waals surface area contributed by atoms with Gasteiger partial charge in [0.2, 0.25) is 0 Å². The number of sulfonamides is 1. The predicted octanol–water partition coefficient (Wildman–Crippen LogP) is 4.22. The minimum atomic E-state index is -4.04. The monoisotopic (exact) mass is 489 g/mol. The van der Waals surface area contributed by atoms with Crippen molar-refractivity contribution in [2.24, 2.45) is 0 Å². The molecule has 166 valence electrons. The van der Waals surface area contributed by atoms with E-state index in [0.717, 1.165) is 6.20 Å². The second-order valence-electron chi connectivity index (χ2n) is 7.56. The fourth-order valence-electron chi connectivity index (χ4n) is 2.95. The maximum absolute atomic E-state index is 13.7. The van der Waals surface area contributed by atoms with Crippen LogP contribution in [0.5, 0.6) is 0 Å². The lowest BCUT2D eigenvalue weighted by Gasteiger charge is -2.22. The first-order chi connectivity index (χ1) is 14.4. The molecule has 0 bridgehead atoms. The van der Waals surface area contributed by atoms with Gasteiger partial charge in [-0.25, -0.2) is 26.9 Å². The maximum atomic E-state index is 13.7. The molecule has 0 saturated carbocycles. The molecule has 3 rings (SSSR count). The first-order valence-electron chi connectivity index (χ1n) is 9.03. The number of rotatable bonds is 7. The number of H-pyrrole nitrogens is 1. The molecule has 0 unspecified atom stereocenters. The van der Waals surface area contributed by atoms with Crippen molar-refractivity contribution in [3.8, 4) is 0 Å². The second-order valence-corrected chi connectivity index (χ2v) is 10.0. The summed E-state index contributed by atoms with van der Waals surface area (Å²) in [6.45, 7) is 2.62. The number of benzene rings is 2. The summed E-state index contributed by atoms with van der Waals surface area (Å²) in [5, 5.41) is 8.84. The van der Waals surface area contributed by atoms with Crippen LogP contribution in [0.3, 0.4) is 0 Å². The Bertz CT molecular complexity index is 1160. The van der Waals surface area contributed by atoms with Gasteiger partial charge >= 0.3 is 0 Å². The zero-order chi connectivity index (χ0) is 23.0. The third kappa shape index (κ3) is 5.24. The van der Waals surface area contributed by atoms with Gasteiger partial charge < -0.3 is 10.1 Å². The van der Waals surface area contributed by atoms with Crippen LogP contribution in [0, 0.1) is 11.6 Å². The van der Waals surface area contributed by atoms with Crippen LogP contribution in [0.4, 0.5) is 8.78 Å². The Balaban J connectivity index is 2.11. The fourth-order valence-corrected chi connectivity index (χ4v) is 4.66. The van der Waals surface area contributed by atoms with Crippen molar-refractivity contribution in [2.45, 2.75) is 30.3 Å². The molecule has 31 heavy (non-hydrogen) atoms. The highest BCUT2D eigenvalue weighted by Crippen LogP contribution is 2.34. The van der Waals surface area contributed by atoms with Crippen LogP contribution in [-0.2, 0) is 10.0 Å². The highest BCUT2D eigenvalue weighted by atomic mass is 35.5. The SMILES string of the molecule is CC(C)(CO)NS(=O)(=O)c1cnc(C(c2ccc(F)c(Cl)c2)c2ccc(F)c(Cl)c2)[nH]1. The molecular formula is C20H19Cl2F2N3O3S. The molecule has 2 aromatic carbocycles. The van der Waals surface area contributed by atoms with Crippen LogP contribution < -0.4 is 4.72 Å². The average Bonchev–Trinajstić information content (AvgIpc) is 3.17. The predicted molar refractivity (Wildman–Crippen MR) is 114 cm³/mol. The van der Waals surface area contributed by atoms with E-state index in [0.29, 0.717) is 11.1 Å². The lowest BCUT2D eigenvalue weighted by atomic mass is 9.90. The van der Waals surface area contributed by atoms with Crippen LogP contribution in [0.1, 0.15) is 36.7 Å². The Morgan fingerprint density at radius 2 is 1.61 bits per heavy atom. The van der Waals surface area contributed by atoms with Gasteiger partial charge in [0.15, 0.2) is 5.03 Å². The third-order valence-electron chi connectivity index (χ3n) is 4.50. The highest BCUT2D eigenvalue weighted by Gasteiger charge is 2.29. The Morgan fingerprint density at radius 3 is 2.06 bits per heavy atom. The van der Waals surface area contributed by atoms with Gasteiger partial charge in [0.25, 0.3) is 10.0 Å². The number of aliphatic hydroxyl groups excluding tert-OH is 1. The van der Waals surface area contributed by atoms with Crippen molar-refractivity contribution < 1.29 is 22.3 Å². The van der Waals surface area contributed by atoms with Crippen molar-refractivity contribution in [3.05, 3.63) is 81.2 Å². The van der Waals surface area contributed by atoms with E-state index in [-0.39, 0.29) is 20.9 Å². The number of aliphatic hydroxyl groups is 1. The molecule has 0 radical (unpaired) electrons. The van der Waals surface area contributed by atoms with E-state index in [2.05, 4.69) is 14.7 Å². The van der Waals surface area contributed by atoms with Gasteiger partial charge in [0.1, 0.15) is 17.5 Å². The molecule has 11 heteroatoms. The number of hydrogen-bond donors (Lipinski definition) is 3. The normalized spacial score (nSPS) is 12.5. The van der Waals surface area contributed by atoms with Crippen molar-refractivity contribution >= 4 is 33.2 Å². The van der Waals surface area contributed by atoms with Crippen LogP contribution in [-0.4, -0.2) is 35.6 Å². The van der Waals surface area contributed by atoms with Gasteiger partial charge in [0.05, 0.1) is 34.3 Å². The summed E-state index contributed by atoms with van der Waals surface area (Å²) in [5.74, 6) is -1.81. The molecular weight excluding hydrogens is 471 g/mol. The summed E-state index contributed by atoms with van der Waals surface area (Å²) in [5.41, 5.74) is -0.134. The minimum Gasteiger partial charge on any atom is -0.394 e. The van der Waals surface area contributed by atoms with Crippen molar-refractivity contribution in [3.63, 3.8) is 0 Å². The fraction of sp³-hybridized carbons (Fsp3) is 0.250. The van der Waals surface area contributed by atoms with Crippen LogP contribution in [0.15, 0.2) is 47.6 Å². The van der Waals surface area contributed by atoms with E-state index in [1.807, 2.05) is 0 Å². The number of aromatic amines is 1. The zero-order valence-electron chi connectivity index (χ0n) is 16.5. The largest absolute Gasteiger partial charge is 0.394 e. The smallest absolute Gasteiger partial charge is 0.258 e. The Kier molecular flexibility index (Phi) is 6.73. The molecule has 0 amide bonds. The van der Waals surface area contributed by atoms with Gasteiger partial charge in [-0.15, -0.1) is 0 Å². The molecule has 1 heterocycles. The molecule has 0 atom stereocenters. The van der Waals surface area contributed by atoms with E-state index in [9.17, 15) is 22.3 Å². The molecule has 0 aliphatic carbocycles. The Labute approximate surface area is 188 Å². The number of nitrogens with zero attached hydrogens (tertiary/aromatic N) is 1. The summed E-state index contributed by atoms with van der Waals surface area (Å²) in [6, 6.07) is 8.02. The number of nitrogens with one attached hydrogen (secondary N) is 2. The number of hydrogen-bond acceptors (Lipinski definition) is 4. The van der Waals surface area contributed by atoms with E-state index in [1.54, 1.807) is 0 Å². The summed E-state index contributed by atoms with van der Waals surface area (Å²) in [6.07, 6.45) is 1.12. The average molecular weight is 490 g/mol. The minimum absolute atomic E-state index is 0.138. The van der Waals surface area contributed by atoms with Crippen molar-refractivity contribution in [1.82, 2.24) is 14.7 Å². The molecule has 0 aliphatic rings. The van der Waals surface area contributed by atoms with Crippen LogP contribution in [0.25, 0.3) is 0 Å². The van der Waals surface area contributed by atoms with Gasteiger partial charge in [-0.05, 0) is 49.2 Å². The third-order valence-corrected chi connectivity index (χ3v) is 6.68. The molecule has 1 aromatic heterocycles. The summed E-state index contributed by atoms with van der Waals surface area (Å²) < 4.78 is 55.1. The summed E-state index contributed by atoms with van der Waals surface area (Å²) >= 11 is 11.9. The molecule has 0 saturated heterocycles. The number of aromatic nitrogens is 2. The second kappa shape index (κ2) is 8.84. The lowest BCUT2D eigenvalue weighted by molar-refractivity contribution is 0.208. The van der Waals surface area contributed by atoms with E-state index in [1.165, 1.54) is 50.2 Å². The maximum Gasteiger partial charge on any atom is 0.258 e. The molecule has 0 aliphatic heterocycles. The lowest BCUT2D eigenvalue weighted by Crippen LogP contribution is -2.46. The van der Waals surface area contributed by atoms with Crippen LogP contribution >= 0.6 is 23.2 Å². The quantitative estimate of drug-likeness (QED) is 0.462. The Morgan fingerprint density at radius 1 is 1.10 bits per heavy atom.